The van der Waals surface area contributed by atoms with Crippen molar-refractivity contribution in [3.05, 3.63) is 0 Å². The van der Waals surface area contributed by atoms with Crippen molar-refractivity contribution in [2.24, 2.45) is 0 Å². The number of ether oxygens (including phenoxy) is 2. The predicted molar refractivity (Wildman–Crippen MR) is 21.5 cm³/mol. The van der Waals surface area contributed by atoms with E-state index in [0.717, 1.165) is 0 Å². The molecule has 3 nitrogen and oxygen atoms in total. The van der Waals surface area contributed by atoms with Crippen LogP contribution in [0.3, 0.4) is 0 Å². The number of hydrogen-bond donors (Lipinski definition) is 0. The van der Waals surface area contributed by atoms with Gasteiger partial charge in [-0.3, -0.25) is 4.79 Å². The summed E-state index contributed by atoms with van der Waals surface area (Å²) < 4.78 is 9.08. The molecular formula is C4H6O3. The van der Waals surface area contributed by atoms with Crippen molar-refractivity contribution < 1.29 is 14.3 Å². The van der Waals surface area contributed by atoms with E-state index in [2.05, 4.69) is 9.47 Å². The van der Waals surface area contributed by atoms with E-state index < -0.39 is 0 Å². The van der Waals surface area contributed by atoms with Gasteiger partial charge in [-0.15, -0.1) is 0 Å². The fourth-order valence-electron chi connectivity index (χ4n) is 0.292. The van der Waals surface area contributed by atoms with Gasteiger partial charge in [-0.05, 0) is 0 Å². The van der Waals surface area contributed by atoms with Gasteiger partial charge in [0, 0.05) is 6.92 Å². The summed E-state index contributed by atoms with van der Waals surface area (Å²) in [6.07, 6.45) is -0.225. The van der Waals surface area contributed by atoms with Crippen molar-refractivity contribution >= 4 is 5.97 Å². The standard InChI is InChI=1S/C4H6O3/c1-3(5)7-4-2-6-4/h4H,2H2,1H3/t4-/m0/s1. The van der Waals surface area contributed by atoms with Crippen LogP contribution in [0.5, 0.6) is 0 Å². The maximum atomic E-state index is 9.99. The second-order valence-corrected chi connectivity index (χ2v) is 1.37. The van der Waals surface area contributed by atoms with E-state index in [-0.39, 0.29) is 12.3 Å². The normalized spacial score (nSPS) is 26.7. The molecule has 40 valence electrons. The molecule has 0 bridgehead atoms. The first-order valence-corrected chi connectivity index (χ1v) is 2.08. The molecule has 0 saturated carbocycles. The van der Waals surface area contributed by atoms with E-state index in [1.54, 1.807) is 0 Å². The zero-order chi connectivity index (χ0) is 5.28. The van der Waals surface area contributed by atoms with Gasteiger partial charge in [0.15, 0.2) is 0 Å². The Hall–Kier alpha value is -0.570. The van der Waals surface area contributed by atoms with Crippen LogP contribution in [0.15, 0.2) is 0 Å². The molecule has 1 aliphatic heterocycles. The van der Waals surface area contributed by atoms with Gasteiger partial charge in [0.25, 0.3) is 0 Å². The minimum Gasteiger partial charge on any atom is -0.433 e. The molecule has 0 aromatic rings. The molecule has 1 saturated heterocycles. The summed E-state index contributed by atoms with van der Waals surface area (Å²) in [6, 6.07) is 0. The first-order valence-electron chi connectivity index (χ1n) is 2.08. The third-order valence-corrected chi connectivity index (χ3v) is 0.600. The smallest absolute Gasteiger partial charge is 0.305 e. The molecule has 0 aromatic carbocycles. The summed E-state index contributed by atoms with van der Waals surface area (Å²) in [5, 5.41) is 0. The van der Waals surface area contributed by atoms with E-state index in [9.17, 15) is 4.79 Å². The summed E-state index contributed by atoms with van der Waals surface area (Å²) in [5.41, 5.74) is 0. The van der Waals surface area contributed by atoms with Gasteiger partial charge in [0.05, 0.1) is 0 Å². The lowest BCUT2D eigenvalue weighted by atomic mass is 10.8. The maximum Gasteiger partial charge on any atom is 0.305 e. The maximum absolute atomic E-state index is 9.99. The van der Waals surface area contributed by atoms with E-state index in [1.807, 2.05) is 0 Å². The Bertz CT molecular complexity index is 84.9. The monoisotopic (exact) mass is 102 g/mol. The lowest BCUT2D eigenvalue weighted by Crippen LogP contribution is -2.00. The van der Waals surface area contributed by atoms with Crippen LogP contribution in [0.2, 0.25) is 0 Å². The molecule has 1 atom stereocenters. The average Bonchev–Trinajstić information content (AvgIpc) is 2.17. The largest absolute Gasteiger partial charge is 0.433 e. The van der Waals surface area contributed by atoms with Crippen molar-refractivity contribution in [2.75, 3.05) is 6.61 Å². The topological polar surface area (TPSA) is 38.8 Å². The lowest BCUT2D eigenvalue weighted by molar-refractivity contribution is -0.145. The van der Waals surface area contributed by atoms with Gasteiger partial charge in [0.1, 0.15) is 6.61 Å². The fraction of sp³-hybridized carbons (Fsp3) is 0.750. The Kier molecular flexibility index (Phi) is 0.982. The van der Waals surface area contributed by atoms with Crippen molar-refractivity contribution in [3.63, 3.8) is 0 Å². The first kappa shape index (κ1) is 4.59. The Morgan fingerprint density at radius 3 is 2.71 bits per heavy atom. The summed E-state index contributed by atoms with van der Waals surface area (Å²) in [7, 11) is 0. The summed E-state index contributed by atoms with van der Waals surface area (Å²) >= 11 is 0. The van der Waals surface area contributed by atoms with Crippen LogP contribution in [0.25, 0.3) is 0 Å². The quantitative estimate of drug-likeness (QED) is 0.343. The van der Waals surface area contributed by atoms with Crippen LogP contribution in [-0.4, -0.2) is 18.9 Å². The molecule has 0 N–H and O–H groups in total. The molecule has 1 heterocycles. The van der Waals surface area contributed by atoms with Gasteiger partial charge >= 0.3 is 5.97 Å². The van der Waals surface area contributed by atoms with Crippen LogP contribution in [0.4, 0.5) is 0 Å². The molecule has 0 radical (unpaired) electrons. The molecule has 1 fully saturated rings. The van der Waals surface area contributed by atoms with Crippen LogP contribution in [-0.2, 0) is 14.3 Å². The van der Waals surface area contributed by atoms with Gasteiger partial charge < -0.3 is 9.47 Å². The Morgan fingerprint density at radius 1 is 2.00 bits per heavy atom. The summed E-state index contributed by atoms with van der Waals surface area (Å²) in [6.45, 7) is 1.93. The molecule has 1 aliphatic rings. The highest BCUT2D eigenvalue weighted by atomic mass is 16.8. The highest BCUT2D eigenvalue weighted by Gasteiger charge is 2.25. The molecule has 0 aromatic heterocycles. The predicted octanol–water partition coefficient (Wildman–Crippen LogP) is -0.0942. The highest BCUT2D eigenvalue weighted by Crippen LogP contribution is 2.09. The van der Waals surface area contributed by atoms with Gasteiger partial charge in [-0.1, -0.05) is 0 Å². The molecule has 0 unspecified atom stereocenters. The van der Waals surface area contributed by atoms with Crippen molar-refractivity contribution in [3.8, 4) is 0 Å². The minimum absolute atomic E-state index is 0.225. The van der Waals surface area contributed by atoms with Crippen LogP contribution >= 0.6 is 0 Å². The molecule has 0 spiro atoms. The van der Waals surface area contributed by atoms with E-state index in [4.69, 9.17) is 0 Å². The number of esters is 1. The van der Waals surface area contributed by atoms with Crippen molar-refractivity contribution in [1.29, 1.82) is 0 Å². The van der Waals surface area contributed by atoms with E-state index in [1.165, 1.54) is 6.92 Å². The SMILES string of the molecule is CC(=O)O[C@H]1CO1. The van der Waals surface area contributed by atoms with Crippen LogP contribution in [0, 0.1) is 0 Å². The Balaban J connectivity index is 2.08. The average molecular weight is 102 g/mol. The molecule has 1 rings (SSSR count). The van der Waals surface area contributed by atoms with Gasteiger partial charge in [0.2, 0.25) is 6.29 Å². The van der Waals surface area contributed by atoms with Crippen molar-refractivity contribution in [1.82, 2.24) is 0 Å². The van der Waals surface area contributed by atoms with Crippen LogP contribution < -0.4 is 0 Å². The lowest BCUT2D eigenvalue weighted by Gasteiger charge is -1.89. The zero-order valence-electron chi connectivity index (χ0n) is 4.01. The molecule has 7 heavy (non-hydrogen) atoms. The van der Waals surface area contributed by atoms with Crippen molar-refractivity contribution in [2.45, 2.75) is 13.2 Å². The Labute approximate surface area is 41.2 Å². The number of hydrogen-bond acceptors (Lipinski definition) is 3. The molecular weight excluding hydrogens is 96.0 g/mol. The van der Waals surface area contributed by atoms with Crippen LogP contribution in [0.1, 0.15) is 6.92 Å². The third-order valence-electron chi connectivity index (χ3n) is 0.600. The second-order valence-electron chi connectivity index (χ2n) is 1.37. The first-order chi connectivity index (χ1) is 3.29. The molecule has 0 aliphatic carbocycles. The third kappa shape index (κ3) is 1.55. The van der Waals surface area contributed by atoms with E-state index >= 15 is 0 Å². The minimum atomic E-state index is -0.275. The zero-order valence-corrected chi connectivity index (χ0v) is 4.01. The number of epoxide rings is 1. The Morgan fingerprint density at radius 2 is 2.57 bits per heavy atom. The number of rotatable bonds is 1. The molecule has 3 heteroatoms. The second kappa shape index (κ2) is 1.50. The number of carbonyl (C=O) groups excluding carboxylic acids is 1. The summed E-state index contributed by atoms with van der Waals surface area (Å²) in [4.78, 5) is 9.99. The summed E-state index contributed by atoms with van der Waals surface area (Å²) in [5.74, 6) is -0.275. The van der Waals surface area contributed by atoms with Gasteiger partial charge in [-0.25, -0.2) is 0 Å². The highest BCUT2D eigenvalue weighted by molar-refractivity contribution is 5.66. The molecule has 0 amide bonds. The number of carbonyl (C=O) groups is 1. The fourth-order valence-corrected chi connectivity index (χ4v) is 0.292. The van der Waals surface area contributed by atoms with E-state index in [0.29, 0.717) is 6.61 Å². The van der Waals surface area contributed by atoms with Gasteiger partial charge in [-0.2, -0.15) is 0 Å².